The van der Waals surface area contributed by atoms with Gasteiger partial charge in [-0.2, -0.15) is 13.2 Å². The molecule has 21 heavy (non-hydrogen) atoms. The topological polar surface area (TPSA) is 26.2 Å². The molecule has 0 amide bonds. The van der Waals surface area contributed by atoms with Gasteiger partial charge in [0.05, 0.1) is 6.61 Å². The number of fused-ring (bicyclic) bond motifs is 1. The van der Waals surface area contributed by atoms with Crippen molar-refractivity contribution in [2.45, 2.75) is 32.2 Å². The Morgan fingerprint density at radius 1 is 1.29 bits per heavy atom. The fourth-order valence-electron chi connectivity index (χ4n) is 2.29. The van der Waals surface area contributed by atoms with Crippen LogP contribution in [0, 0.1) is 0 Å². The summed E-state index contributed by atoms with van der Waals surface area (Å²) >= 11 is 0. The van der Waals surface area contributed by atoms with Gasteiger partial charge >= 0.3 is 6.18 Å². The fourth-order valence-corrected chi connectivity index (χ4v) is 2.29. The van der Waals surface area contributed by atoms with Gasteiger partial charge in [-0.25, -0.2) is 0 Å². The van der Waals surface area contributed by atoms with Crippen LogP contribution in [-0.2, 0) is 17.8 Å². The molecule has 2 rings (SSSR count). The third kappa shape index (κ3) is 4.47. The summed E-state index contributed by atoms with van der Waals surface area (Å²) < 4.78 is 43.7. The first-order valence-corrected chi connectivity index (χ1v) is 6.76. The molecule has 1 aromatic carbocycles. The highest BCUT2D eigenvalue weighted by Crippen LogP contribution is 2.23. The number of hydrogen-bond acceptors (Lipinski definition) is 2. The highest BCUT2D eigenvalue weighted by atomic mass is 19.4. The molecule has 2 aromatic rings. The smallest absolute Gasteiger partial charge is 0.383 e. The second-order valence-corrected chi connectivity index (χ2v) is 5.19. The van der Waals surface area contributed by atoms with Crippen LogP contribution >= 0.6 is 0 Å². The van der Waals surface area contributed by atoms with E-state index in [1.54, 1.807) is 19.2 Å². The minimum Gasteiger partial charge on any atom is -0.383 e. The van der Waals surface area contributed by atoms with Gasteiger partial charge in [0, 0.05) is 31.4 Å². The Bertz CT molecular complexity index is 592. The number of ether oxygens (including phenoxy) is 1. The first-order chi connectivity index (χ1) is 9.89. The van der Waals surface area contributed by atoms with E-state index >= 15 is 0 Å². The first kappa shape index (κ1) is 15.9. The minimum atomic E-state index is -4.21. The Hall–Kier alpha value is -1.53. The van der Waals surface area contributed by atoms with E-state index < -0.39 is 12.7 Å². The molecule has 0 spiro atoms. The second-order valence-electron chi connectivity index (χ2n) is 5.19. The lowest BCUT2D eigenvalue weighted by atomic mass is 10.1. The molecule has 0 aliphatic rings. The molecule has 0 saturated heterocycles. The molecule has 1 aromatic heterocycles. The summed E-state index contributed by atoms with van der Waals surface area (Å²) in [5.41, 5.74) is 1.64. The zero-order chi connectivity index (χ0) is 15.5. The number of rotatable bonds is 6. The number of hydrogen-bond donors (Lipinski definition) is 1. The molecule has 6 heteroatoms. The largest absolute Gasteiger partial charge is 0.406 e. The molecule has 0 aliphatic heterocycles. The van der Waals surface area contributed by atoms with Crippen LogP contribution in [0.1, 0.15) is 12.5 Å². The standard InChI is InChI=1S/C15H19F3N2O/c1-11(9-21-2)19-8-12-3-4-14-13(7-12)5-6-20(14)10-15(16,17)18/h3-7,11,19H,8-10H2,1-2H3. The Morgan fingerprint density at radius 2 is 2.05 bits per heavy atom. The highest BCUT2D eigenvalue weighted by molar-refractivity contribution is 5.80. The Balaban J connectivity index is 2.09. The molecule has 0 radical (unpaired) electrons. The van der Waals surface area contributed by atoms with Gasteiger partial charge in [-0.05, 0) is 36.1 Å². The predicted octanol–water partition coefficient (Wildman–Crippen LogP) is 3.33. The minimum absolute atomic E-state index is 0.223. The number of benzene rings is 1. The van der Waals surface area contributed by atoms with Crippen molar-refractivity contribution in [3.8, 4) is 0 Å². The van der Waals surface area contributed by atoms with E-state index in [1.165, 1.54) is 10.8 Å². The fraction of sp³-hybridized carbons (Fsp3) is 0.467. The van der Waals surface area contributed by atoms with Crippen molar-refractivity contribution in [3.05, 3.63) is 36.0 Å². The molecule has 1 heterocycles. The van der Waals surface area contributed by atoms with Crippen molar-refractivity contribution in [1.82, 2.24) is 9.88 Å². The Kier molecular flexibility index (Phi) is 4.90. The molecular weight excluding hydrogens is 281 g/mol. The van der Waals surface area contributed by atoms with Gasteiger partial charge in [0.2, 0.25) is 0 Å². The van der Waals surface area contributed by atoms with E-state index in [-0.39, 0.29) is 6.04 Å². The number of aromatic nitrogens is 1. The molecule has 0 bridgehead atoms. The molecule has 1 unspecified atom stereocenters. The van der Waals surface area contributed by atoms with Gasteiger partial charge in [0.1, 0.15) is 6.54 Å². The number of halogens is 3. The van der Waals surface area contributed by atoms with Gasteiger partial charge in [-0.1, -0.05) is 6.07 Å². The van der Waals surface area contributed by atoms with Crippen LogP contribution in [0.3, 0.4) is 0 Å². The van der Waals surface area contributed by atoms with E-state index in [2.05, 4.69) is 5.32 Å². The number of methoxy groups -OCH3 is 1. The Morgan fingerprint density at radius 3 is 2.71 bits per heavy atom. The molecule has 1 atom stereocenters. The third-order valence-corrected chi connectivity index (χ3v) is 3.26. The SMILES string of the molecule is COCC(C)NCc1ccc2c(ccn2CC(F)(F)F)c1. The quantitative estimate of drug-likeness (QED) is 0.885. The van der Waals surface area contributed by atoms with Crippen LogP contribution in [0.5, 0.6) is 0 Å². The molecular formula is C15H19F3N2O. The van der Waals surface area contributed by atoms with Crippen molar-refractivity contribution < 1.29 is 17.9 Å². The maximum atomic E-state index is 12.5. The maximum absolute atomic E-state index is 12.5. The molecule has 0 fully saturated rings. The summed E-state index contributed by atoms with van der Waals surface area (Å²) in [6.45, 7) is 2.33. The van der Waals surface area contributed by atoms with E-state index in [9.17, 15) is 13.2 Å². The monoisotopic (exact) mass is 300 g/mol. The number of nitrogens with zero attached hydrogens (tertiary/aromatic N) is 1. The predicted molar refractivity (Wildman–Crippen MR) is 76.2 cm³/mol. The van der Waals surface area contributed by atoms with Gasteiger partial charge in [-0.3, -0.25) is 0 Å². The van der Waals surface area contributed by atoms with Crippen molar-refractivity contribution in [1.29, 1.82) is 0 Å². The van der Waals surface area contributed by atoms with Gasteiger partial charge < -0.3 is 14.6 Å². The van der Waals surface area contributed by atoms with Crippen LogP contribution < -0.4 is 5.32 Å². The lowest BCUT2D eigenvalue weighted by Crippen LogP contribution is -2.29. The van der Waals surface area contributed by atoms with Gasteiger partial charge in [0.25, 0.3) is 0 Å². The molecule has 0 saturated carbocycles. The molecule has 0 aliphatic carbocycles. The second kappa shape index (κ2) is 6.49. The van der Waals surface area contributed by atoms with E-state index in [0.717, 1.165) is 10.9 Å². The van der Waals surface area contributed by atoms with E-state index in [1.807, 2.05) is 19.1 Å². The highest BCUT2D eigenvalue weighted by Gasteiger charge is 2.28. The normalized spacial score (nSPS) is 13.8. The van der Waals surface area contributed by atoms with Crippen LogP contribution in [0.15, 0.2) is 30.5 Å². The lowest BCUT2D eigenvalue weighted by Gasteiger charge is -2.13. The van der Waals surface area contributed by atoms with Crippen LogP contribution in [0.2, 0.25) is 0 Å². The zero-order valence-electron chi connectivity index (χ0n) is 12.1. The van der Waals surface area contributed by atoms with Gasteiger partial charge in [-0.15, -0.1) is 0 Å². The zero-order valence-corrected chi connectivity index (χ0v) is 12.1. The summed E-state index contributed by atoms with van der Waals surface area (Å²) in [6, 6.07) is 7.43. The first-order valence-electron chi connectivity index (χ1n) is 6.76. The lowest BCUT2D eigenvalue weighted by molar-refractivity contribution is -0.139. The Labute approximate surface area is 121 Å². The summed E-state index contributed by atoms with van der Waals surface area (Å²) in [5.74, 6) is 0. The van der Waals surface area contributed by atoms with Crippen LogP contribution in [0.25, 0.3) is 10.9 Å². The van der Waals surface area contributed by atoms with Crippen LogP contribution in [0.4, 0.5) is 13.2 Å². The molecule has 1 N–H and O–H groups in total. The summed E-state index contributed by atoms with van der Waals surface area (Å²) in [4.78, 5) is 0. The van der Waals surface area contributed by atoms with E-state index in [4.69, 9.17) is 4.74 Å². The van der Waals surface area contributed by atoms with E-state index in [0.29, 0.717) is 18.7 Å². The number of nitrogens with one attached hydrogen (secondary N) is 1. The summed E-state index contributed by atoms with van der Waals surface area (Å²) in [7, 11) is 1.65. The maximum Gasteiger partial charge on any atom is 0.406 e. The van der Waals surface area contributed by atoms with Crippen molar-refractivity contribution in [2.24, 2.45) is 0 Å². The van der Waals surface area contributed by atoms with Crippen molar-refractivity contribution >= 4 is 10.9 Å². The van der Waals surface area contributed by atoms with Crippen molar-refractivity contribution in [3.63, 3.8) is 0 Å². The van der Waals surface area contributed by atoms with Gasteiger partial charge in [0.15, 0.2) is 0 Å². The summed E-state index contributed by atoms with van der Waals surface area (Å²) in [6.07, 6.45) is -2.73. The number of alkyl halides is 3. The summed E-state index contributed by atoms with van der Waals surface area (Å²) in [5, 5.41) is 4.12. The average Bonchev–Trinajstić information content (AvgIpc) is 2.77. The van der Waals surface area contributed by atoms with Crippen LogP contribution in [-0.4, -0.2) is 30.5 Å². The molecule has 116 valence electrons. The molecule has 3 nitrogen and oxygen atoms in total. The average molecular weight is 300 g/mol. The third-order valence-electron chi connectivity index (χ3n) is 3.26. The van der Waals surface area contributed by atoms with Crippen molar-refractivity contribution in [2.75, 3.05) is 13.7 Å².